The molecule has 6 nitrogen and oxygen atoms in total. The molecular formula is C16H19N3O3S. The van der Waals surface area contributed by atoms with Crippen molar-refractivity contribution in [2.45, 2.75) is 31.6 Å². The van der Waals surface area contributed by atoms with Gasteiger partial charge in [-0.25, -0.2) is 8.42 Å². The second kappa shape index (κ2) is 4.99. The third-order valence-electron chi connectivity index (χ3n) is 4.65. The van der Waals surface area contributed by atoms with Gasteiger partial charge in [-0.2, -0.15) is 0 Å². The number of rotatable bonds is 2. The quantitative estimate of drug-likeness (QED) is 0.843. The highest BCUT2D eigenvalue weighted by molar-refractivity contribution is 7.93. The lowest BCUT2D eigenvalue weighted by Crippen LogP contribution is -2.46. The van der Waals surface area contributed by atoms with Crippen molar-refractivity contribution < 1.29 is 12.9 Å². The molecule has 0 unspecified atom stereocenters. The van der Waals surface area contributed by atoms with Crippen LogP contribution in [-0.4, -0.2) is 33.2 Å². The number of hydrogen-bond donors (Lipinski definition) is 0. The number of benzene rings is 1. The molecule has 23 heavy (non-hydrogen) atoms. The van der Waals surface area contributed by atoms with Gasteiger partial charge < -0.3 is 9.42 Å². The van der Waals surface area contributed by atoms with Gasteiger partial charge in [-0.05, 0) is 38.3 Å². The van der Waals surface area contributed by atoms with Crippen molar-refractivity contribution in [3.05, 3.63) is 35.2 Å². The maximum Gasteiger partial charge on any atom is 0.269 e. The molecule has 0 fully saturated rings. The van der Waals surface area contributed by atoms with Gasteiger partial charge in [-0.1, -0.05) is 17.3 Å². The first-order valence-electron chi connectivity index (χ1n) is 7.82. The lowest BCUT2D eigenvalue weighted by molar-refractivity contribution is 0.390. The zero-order chi connectivity index (χ0) is 16.2. The van der Waals surface area contributed by atoms with E-state index in [1.54, 1.807) is 13.8 Å². The highest BCUT2D eigenvalue weighted by Gasteiger charge is 2.37. The van der Waals surface area contributed by atoms with Crippen LogP contribution < -0.4 is 9.21 Å². The molecule has 7 heteroatoms. The van der Waals surface area contributed by atoms with Gasteiger partial charge in [-0.15, -0.1) is 0 Å². The maximum atomic E-state index is 13.2. The fourth-order valence-corrected chi connectivity index (χ4v) is 5.44. The molecule has 0 N–H and O–H groups in total. The van der Waals surface area contributed by atoms with E-state index in [0.29, 0.717) is 24.5 Å². The minimum atomic E-state index is -3.67. The number of hydrogen-bond acceptors (Lipinski definition) is 5. The van der Waals surface area contributed by atoms with Crippen LogP contribution in [0.15, 0.2) is 27.6 Å². The molecule has 0 atom stereocenters. The zero-order valence-electron chi connectivity index (χ0n) is 13.2. The van der Waals surface area contributed by atoms with Crippen molar-refractivity contribution in [1.29, 1.82) is 0 Å². The monoisotopic (exact) mass is 333 g/mol. The van der Waals surface area contributed by atoms with Crippen molar-refractivity contribution in [3.8, 4) is 0 Å². The van der Waals surface area contributed by atoms with Crippen LogP contribution in [0.1, 0.15) is 23.4 Å². The highest BCUT2D eigenvalue weighted by Crippen LogP contribution is 2.42. The van der Waals surface area contributed by atoms with Gasteiger partial charge in [0, 0.05) is 13.1 Å². The fraction of sp³-hybridized carbons (Fsp3) is 0.438. The minimum Gasteiger partial charge on any atom is -0.368 e. The predicted octanol–water partition coefficient (Wildman–Crippen LogP) is 2.25. The minimum absolute atomic E-state index is 0.194. The molecule has 1 aromatic carbocycles. The van der Waals surface area contributed by atoms with E-state index in [2.05, 4.69) is 16.1 Å². The maximum absolute atomic E-state index is 13.2. The summed E-state index contributed by atoms with van der Waals surface area (Å²) >= 11 is 0. The first-order chi connectivity index (χ1) is 11.0. The molecule has 122 valence electrons. The van der Waals surface area contributed by atoms with Gasteiger partial charge in [0.25, 0.3) is 10.0 Å². The second-order valence-electron chi connectivity index (χ2n) is 6.11. The summed E-state index contributed by atoms with van der Waals surface area (Å²) < 4.78 is 33.0. The lowest BCUT2D eigenvalue weighted by Gasteiger charge is -2.41. The Morgan fingerprint density at radius 2 is 2.00 bits per heavy atom. The van der Waals surface area contributed by atoms with Gasteiger partial charge in [-0.3, -0.25) is 4.31 Å². The van der Waals surface area contributed by atoms with E-state index in [1.807, 2.05) is 12.1 Å². The molecule has 0 saturated heterocycles. The Labute approximate surface area is 135 Å². The molecule has 0 aliphatic carbocycles. The van der Waals surface area contributed by atoms with Crippen molar-refractivity contribution in [2.75, 3.05) is 28.8 Å². The average Bonchev–Trinajstić information content (AvgIpc) is 2.87. The summed E-state index contributed by atoms with van der Waals surface area (Å²) in [6, 6.07) is 5.93. The Morgan fingerprint density at radius 3 is 2.74 bits per heavy atom. The molecule has 3 heterocycles. The number of anilines is 2. The molecule has 2 aromatic rings. The normalized spacial score (nSPS) is 17.3. The number of para-hydroxylation sites is 1. The van der Waals surface area contributed by atoms with Crippen LogP contribution in [0.5, 0.6) is 0 Å². The summed E-state index contributed by atoms with van der Waals surface area (Å²) in [6.07, 6.45) is 2.12. The van der Waals surface area contributed by atoms with Gasteiger partial charge in [0.05, 0.1) is 17.9 Å². The van der Waals surface area contributed by atoms with E-state index >= 15 is 0 Å². The van der Waals surface area contributed by atoms with Crippen molar-refractivity contribution in [1.82, 2.24) is 5.16 Å². The Bertz CT molecular complexity index is 853. The zero-order valence-corrected chi connectivity index (χ0v) is 14.1. The lowest BCUT2D eigenvalue weighted by atomic mass is 9.99. The summed E-state index contributed by atoms with van der Waals surface area (Å²) in [5.74, 6) is 0.342. The fourth-order valence-electron chi connectivity index (χ4n) is 3.68. The van der Waals surface area contributed by atoms with Gasteiger partial charge in [0.1, 0.15) is 5.69 Å². The van der Waals surface area contributed by atoms with Crippen molar-refractivity contribution in [2.24, 2.45) is 0 Å². The predicted molar refractivity (Wildman–Crippen MR) is 87.5 cm³/mol. The van der Waals surface area contributed by atoms with Crippen LogP contribution in [0.4, 0.5) is 11.4 Å². The van der Waals surface area contributed by atoms with Gasteiger partial charge >= 0.3 is 0 Å². The van der Waals surface area contributed by atoms with Crippen LogP contribution in [0.25, 0.3) is 0 Å². The first kappa shape index (κ1) is 14.6. The highest BCUT2D eigenvalue weighted by atomic mass is 32.2. The smallest absolute Gasteiger partial charge is 0.269 e. The second-order valence-corrected chi connectivity index (χ2v) is 7.91. The van der Waals surface area contributed by atoms with Crippen LogP contribution in [-0.2, 0) is 16.4 Å². The Balaban J connectivity index is 1.88. The molecule has 0 amide bonds. The Kier molecular flexibility index (Phi) is 3.16. The molecule has 0 saturated carbocycles. The number of nitrogens with zero attached hydrogens (tertiary/aromatic N) is 3. The number of sulfonamides is 1. The number of aryl methyl sites for hydroxylation is 3. The summed E-state index contributed by atoms with van der Waals surface area (Å²) in [5.41, 5.74) is 3.48. The molecule has 0 spiro atoms. The summed E-state index contributed by atoms with van der Waals surface area (Å²) in [6.45, 7) is 5.46. The van der Waals surface area contributed by atoms with Crippen LogP contribution in [0, 0.1) is 13.8 Å². The standard InChI is InChI=1S/C16H19N3O3S/c1-11-16(12(2)22-17-11)23(20,21)19-10-9-18-8-4-6-13-5-3-7-14(19)15(13)18/h3,5,7H,4,6,8-10H2,1-2H3. The average molecular weight is 333 g/mol. The molecular weight excluding hydrogens is 314 g/mol. The summed E-state index contributed by atoms with van der Waals surface area (Å²) in [5, 5.41) is 3.80. The van der Waals surface area contributed by atoms with Crippen LogP contribution in [0.2, 0.25) is 0 Å². The van der Waals surface area contributed by atoms with Crippen molar-refractivity contribution in [3.63, 3.8) is 0 Å². The molecule has 4 rings (SSSR count). The first-order valence-corrected chi connectivity index (χ1v) is 9.26. The third-order valence-corrected chi connectivity index (χ3v) is 6.70. The van der Waals surface area contributed by atoms with E-state index in [0.717, 1.165) is 30.8 Å². The van der Waals surface area contributed by atoms with Crippen LogP contribution >= 0.6 is 0 Å². The van der Waals surface area contributed by atoms with E-state index in [-0.39, 0.29) is 4.90 Å². The van der Waals surface area contributed by atoms with E-state index in [1.165, 1.54) is 9.87 Å². The third kappa shape index (κ3) is 2.06. The van der Waals surface area contributed by atoms with Crippen molar-refractivity contribution >= 4 is 21.4 Å². The molecule has 0 radical (unpaired) electrons. The number of aromatic nitrogens is 1. The summed E-state index contributed by atoms with van der Waals surface area (Å²) in [4.78, 5) is 2.49. The van der Waals surface area contributed by atoms with E-state index in [9.17, 15) is 8.42 Å². The largest absolute Gasteiger partial charge is 0.368 e. The van der Waals surface area contributed by atoms with E-state index < -0.39 is 10.0 Å². The molecule has 2 aliphatic heterocycles. The molecule has 0 bridgehead atoms. The van der Waals surface area contributed by atoms with Gasteiger partial charge in [0.2, 0.25) is 0 Å². The van der Waals surface area contributed by atoms with Crippen LogP contribution in [0.3, 0.4) is 0 Å². The topological polar surface area (TPSA) is 66.7 Å². The molecule has 2 aliphatic rings. The Morgan fingerprint density at radius 1 is 1.17 bits per heavy atom. The van der Waals surface area contributed by atoms with E-state index in [4.69, 9.17) is 4.52 Å². The molecule has 1 aromatic heterocycles. The SMILES string of the molecule is Cc1noc(C)c1S(=O)(=O)N1CCN2CCCc3cccc1c32. The Hall–Kier alpha value is -2.02. The van der Waals surface area contributed by atoms with Gasteiger partial charge in [0.15, 0.2) is 10.7 Å². The summed E-state index contributed by atoms with van der Waals surface area (Å²) in [7, 11) is -3.67.